The van der Waals surface area contributed by atoms with Crippen LogP contribution in [0.15, 0.2) is 35.3 Å². The highest BCUT2D eigenvalue weighted by atomic mass is 35.5. The van der Waals surface area contributed by atoms with Gasteiger partial charge >= 0.3 is 5.69 Å². The molecule has 0 aliphatic rings. The molecule has 0 radical (unpaired) electrons. The fourth-order valence-corrected chi connectivity index (χ4v) is 1.67. The molecule has 0 saturated heterocycles. The summed E-state index contributed by atoms with van der Waals surface area (Å²) in [6, 6.07) is 7.46. The van der Waals surface area contributed by atoms with Crippen molar-refractivity contribution in [3.8, 4) is 11.1 Å². The van der Waals surface area contributed by atoms with Crippen LogP contribution in [0, 0.1) is 6.92 Å². The first kappa shape index (κ1) is 9.93. The van der Waals surface area contributed by atoms with Gasteiger partial charge in [-0.3, -0.25) is 0 Å². The average Bonchev–Trinajstić information content (AvgIpc) is 2.20. The van der Waals surface area contributed by atoms with Gasteiger partial charge in [-0.2, -0.15) is 0 Å². The second-order valence-electron chi connectivity index (χ2n) is 3.21. The minimum atomic E-state index is -0.344. The van der Waals surface area contributed by atoms with E-state index in [-0.39, 0.29) is 5.69 Å². The maximum atomic E-state index is 11.0. The van der Waals surface area contributed by atoms with E-state index in [0.717, 1.165) is 16.8 Å². The molecule has 0 aliphatic carbocycles. The normalized spacial score (nSPS) is 10.3. The van der Waals surface area contributed by atoms with E-state index >= 15 is 0 Å². The lowest BCUT2D eigenvalue weighted by Gasteiger charge is -2.05. The van der Waals surface area contributed by atoms with Crippen LogP contribution < -0.4 is 5.69 Å². The zero-order chi connectivity index (χ0) is 10.8. The summed E-state index contributed by atoms with van der Waals surface area (Å²) in [6.45, 7) is 1.82. The molecule has 1 heterocycles. The van der Waals surface area contributed by atoms with Crippen molar-refractivity contribution in [3.05, 3.63) is 51.7 Å². The second kappa shape index (κ2) is 3.87. The molecule has 0 fully saturated rings. The van der Waals surface area contributed by atoms with Crippen molar-refractivity contribution in [1.82, 2.24) is 9.97 Å². The Bertz CT molecular complexity index is 548. The molecule has 1 N–H and O–H groups in total. The molecule has 1 aromatic heterocycles. The third kappa shape index (κ3) is 1.92. The molecular formula is C11H9ClN2O. The van der Waals surface area contributed by atoms with E-state index in [0.29, 0.717) is 5.02 Å². The Morgan fingerprint density at radius 3 is 2.67 bits per heavy atom. The van der Waals surface area contributed by atoms with Gasteiger partial charge < -0.3 is 4.98 Å². The molecule has 2 aromatic rings. The first-order valence-electron chi connectivity index (χ1n) is 4.49. The van der Waals surface area contributed by atoms with Gasteiger partial charge in [-0.1, -0.05) is 29.8 Å². The van der Waals surface area contributed by atoms with Crippen molar-refractivity contribution < 1.29 is 0 Å². The monoisotopic (exact) mass is 220 g/mol. The van der Waals surface area contributed by atoms with Crippen LogP contribution in [0.25, 0.3) is 11.1 Å². The fourth-order valence-electron chi connectivity index (χ4n) is 1.43. The van der Waals surface area contributed by atoms with Gasteiger partial charge in [0.05, 0.1) is 0 Å². The number of aryl methyl sites for hydroxylation is 1. The topological polar surface area (TPSA) is 45.8 Å². The SMILES string of the molecule is Cc1[nH]c(=O)ncc1-c1ccccc1Cl. The molecule has 0 amide bonds. The van der Waals surface area contributed by atoms with Crippen molar-refractivity contribution in [2.45, 2.75) is 6.92 Å². The number of H-pyrrole nitrogens is 1. The Kier molecular flexibility index (Phi) is 2.56. The summed E-state index contributed by atoms with van der Waals surface area (Å²) >= 11 is 6.05. The zero-order valence-corrected chi connectivity index (χ0v) is 8.88. The van der Waals surface area contributed by atoms with Gasteiger partial charge in [0.2, 0.25) is 0 Å². The van der Waals surface area contributed by atoms with Crippen molar-refractivity contribution in [2.75, 3.05) is 0 Å². The lowest BCUT2D eigenvalue weighted by Crippen LogP contribution is -2.11. The van der Waals surface area contributed by atoms with Gasteiger partial charge in [-0.25, -0.2) is 9.78 Å². The Labute approximate surface area is 91.8 Å². The quantitative estimate of drug-likeness (QED) is 0.802. The molecule has 1 aromatic carbocycles. The Balaban J connectivity index is 2.65. The van der Waals surface area contributed by atoms with Gasteiger partial charge in [0, 0.05) is 28.0 Å². The summed E-state index contributed by atoms with van der Waals surface area (Å²) in [6.07, 6.45) is 1.54. The van der Waals surface area contributed by atoms with Gasteiger partial charge in [-0.15, -0.1) is 0 Å². The van der Waals surface area contributed by atoms with Crippen LogP contribution in [-0.4, -0.2) is 9.97 Å². The van der Waals surface area contributed by atoms with E-state index in [1.165, 1.54) is 6.20 Å². The van der Waals surface area contributed by atoms with Crippen molar-refractivity contribution in [3.63, 3.8) is 0 Å². The number of aromatic nitrogens is 2. The first-order valence-corrected chi connectivity index (χ1v) is 4.87. The van der Waals surface area contributed by atoms with Gasteiger partial charge in [0.25, 0.3) is 0 Å². The number of rotatable bonds is 1. The molecule has 0 unspecified atom stereocenters. The third-order valence-electron chi connectivity index (χ3n) is 2.17. The summed E-state index contributed by atoms with van der Waals surface area (Å²) < 4.78 is 0. The van der Waals surface area contributed by atoms with E-state index in [1.807, 2.05) is 25.1 Å². The van der Waals surface area contributed by atoms with Crippen molar-refractivity contribution in [1.29, 1.82) is 0 Å². The Morgan fingerprint density at radius 1 is 1.27 bits per heavy atom. The molecule has 0 bridgehead atoms. The number of nitrogens with zero attached hydrogens (tertiary/aromatic N) is 1. The molecule has 0 atom stereocenters. The van der Waals surface area contributed by atoms with E-state index in [9.17, 15) is 4.79 Å². The Hall–Kier alpha value is -1.61. The van der Waals surface area contributed by atoms with Crippen LogP contribution in [0.2, 0.25) is 5.02 Å². The highest BCUT2D eigenvalue weighted by Crippen LogP contribution is 2.27. The largest absolute Gasteiger partial charge is 0.345 e. The van der Waals surface area contributed by atoms with Crippen LogP contribution in [0.5, 0.6) is 0 Å². The fraction of sp³-hybridized carbons (Fsp3) is 0.0909. The van der Waals surface area contributed by atoms with E-state index < -0.39 is 0 Å². The van der Waals surface area contributed by atoms with Crippen molar-refractivity contribution >= 4 is 11.6 Å². The van der Waals surface area contributed by atoms with Gasteiger partial charge in [0.15, 0.2) is 0 Å². The number of halogens is 1. The minimum Gasteiger partial charge on any atom is -0.309 e. The standard InChI is InChI=1S/C11H9ClN2O/c1-7-9(6-13-11(15)14-7)8-4-2-3-5-10(8)12/h2-6H,1H3,(H,13,14,15). The summed E-state index contributed by atoms with van der Waals surface area (Å²) in [5.74, 6) is 0. The predicted molar refractivity (Wildman–Crippen MR) is 60.0 cm³/mol. The number of nitrogens with one attached hydrogen (secondary N) is 1. The molecule has 0 spiro atoms. The highest BCUT2D eigenvalue weighted by molar-refractivity contribution is 6.33. The maximum Gasteiger partial charge on any atom is 0.345 e. The lowest BCUT2D eigenvalue weighted by molar-refractivity contribution is 1.03. The molecule has 0 saturated carbocycles. The van der Waals surface area contributed by atoms with Crippen LogP contribution in [0.3, 0.4) is 0 Å². The molecule has 3 nitrogen and oxygen atoms in total. The lowest BCUT2D eigenvalue weighted by atomic mass is 10.1. The summed E-state index contributed by atoms with van der Waals surface area (Å²) in [7, 11) is 0. The summed E-state index contributed by atoms with van der Waals surface area (Å²) in [5.41, 5.74) is 2.15. The number of hydrogen-bond acceptors (Lipinski definition) is 2. The third-order valence-corrected chi connectivity index (χ3v) is 2.50. The van der Waals surface area contributed by atoms with Crippen LogP contribution in [0.1, 0.15) is 5.69 Å². The van der Waals surface area contributed by atoms with Gasteiger partial charge in [-0.05, 0) is 13.0 Å². The average molecular weight is 221 g/mol. The molecule has 4 heteroatoms. The first-order chi connectivity index (χ1) is 7.18. The highest BCUT2D eigenvalue weighted by Gasteiger charge is 2.06. The van der Waals surface area contributed by atoms with Crippen LogP contribution >= 0.6 is 11.6 Å². The smallest absolute Gasteiger partial charge is 0.309 e. The number of aromatic amines is 1. The van der Waals surface area contributed by atoms with Gasteiger partial charge in [0.1, 0.15) is 0 Å². The van der Waals surface area contributed by atoms with Crippen molar-refractivity contribution in [2.24, 2.45) is 0 Å². The predicted octanol–water partition coefficient (Wildman–Crippen LogP) is 2.40. The van der Waals surface area contributed by atoms with E-state index in [2.05, 4.69) is 9.97 Å². The zero-order valence-electron chi connectivity index (χ0n) is 8.12. The molecule has 0 aliphatic heterocycles. The number of hydrogen-bond donors (Lipinski definition) is 1. The number of benzene rings is 1. The second-order valence-corrected chi connectivity index (χ2v) is 3.61. The summed E-state index contributed by atoms with van der Waals surface area (Å²) in [4.78, 5) is 17.3. The molecular weight excluding hydrogens is 212 g/mol. The van der Waals surface area contributed by atoms with Crippen LogP contribution in [-0.2, 0) is 0 Å². The maximum absolute atomic E-state index is 11.0. The Morgan fingerprint density at radius 2 is 2.00 bits per heavy atom. The molecule has 2 rings (SSSR count). The summed E-state index contributed by atoms with van der Waals surface area (Å²) in [5, 5.41) is 0.648. The van der Waals surface area contributed by atoms with Crippen LogP contribution in [0.4, 0.5) is 0 Å². The van der Waals surface area contributed by atoms with E-state index in [4.69, 9.17) is 11.6 Å². The molecule has 76 valence electrons. The minimum absolute atomic E-state index is 0.344. The van der Waals surface area contributed by atoms with E-state index in [1.54, 1.807) is 6.07 Å². The molecule has 15 heavy (non-hydrogen) atoms.